The average Bonchev–Trinajstić information content (AvgIpc) is 2.49. The van der Waals surface area contributed by atoms with Crippen molar-refractivity contribution in [3.8, 4) is 0 Å². The van der Waals surface area contributed by atoms with Gasteiger partial charge in [0.15, 0.2) is 0 Å². The Morgan fingerprint density at radius 1 is 1.33 bits per heavy atom. The Bertz CT molecular complexity index is 700. The highest BCUT2D eigenvalue weighted by Gasteiger charge is 2.43. The molecule has 2 rings (SSSR count). The van der Waals surface area contributed by atoms with Gasteiger partial charge in [-0.05, 0) is 26.0 Å². The summed E-state index contributed by atoms with van der Waals surface area (Å²) in [6, 6.07) is 5.01. The number of rotatable bonds is 5. The van der Waals surface area contributed by atoms with Crippen LogP contribution in [-0.4, -0.2) is 44.4 Å². The van der Waals surface area contributed by atoms with Gasteiger partial charge in [-0.2, -0.15) is 0 Å². The fraction of sp³-hybridized carbons (Fsp3) is 0.562. The van der Waals surface area contributed by atoms with Crippen LogP contribution >= 0.6 is 0 Å². The number of ether oxygens (including phenoxy) is 1. The van der Waals surface area contributed by atoms with Gasteiger partial charge in [-0.15, -0.1) is 0 Å². The number of hydrogen-bond donors (Lipinski definition) is 3. The predicted molar refractivity (Wildman–Crippen MR) is 89.0 cm³/mol. The minimum Gasteiger partial charge on any atom is -0.449 e. The molecule has 3 N–H and O–H groups in total. The van der Waals surface area contributed by atoms with Gasteiger partial charge in [-0.1, -0.05) is 31.5 Å². The highest BCUT2D eigenvalue weighted by Crippen LogP contribution is 2.28. The summed E-state index contributed by atoms with van der Waals surface area (Å²) in [5.41, 5.74) is 0.422. The van der Waals surface area contributed by atoms with Gasteiger partial charge in [-0.25, -0.2) is 17.9 Å². The minimum atomic E-state index is -3.76. The second-order valence-electron chi connectivity index (χ2n) is 6.90. The van der Waals surface area contributed by atoms with Crippen molar-refractivity contribution in [3.05, 3.63) is 29.8 Å². The lowest BCUT2D eigenvalue weighted by molar-refractivity contribution is -0.0195. The molecule has 1 aromatic carbocycles. The van der Waals surface area contributed by atoms with E-state index in [1.165, 1.54) is 12.1 Å². The normalized spacial score (nSPS) is 23.0. The number of aryl methyl sites for hydroxylation is 1. The molecule has 1 aromatic rings. The number of nitrogens with one attached hydrogen (secondary N) is 2. The van der Waals surface area contributed by atoms with E-state index in [2.05, 4.69) is 10.0 Å². The van der Waals surface area contributed by atoms with Crippen LogP contribution in [0.3, 0.4) is 0 Å². The number of hydrogen-bond acceptors (Lipinski definition) is 5. The van der Waals surface area contributed by atoms with Crippen molar-refractivity contribution in [1.29, 1.82) is 0 Å². The third-order valence-corrected chi connectivity index (χ3v) is 5.79. The van der Waals surface area contributed by atoms with Gasteiger partial charge in [0.05, 0.1) is 17.0 Å². The number of aliphatic hydroxyl groups is 1. The van der Waals surface area contributed by atoms with Gasteiger partial charge in [-0.3, -0.25) is 0 Å². The van der Waals surface area contributed by atoms with Gasteiger partial charge < -0.3 is 15.2 Å². The van der Waals surface area contributed by atoms with E-state index in [-0.39, 0.29) is 11.5 Å². The van der Waals surface area contributed by atoms with Crippen molar-refractivity contribution in [2.45, 2.75) is 50.8 Å². The first-order valence-electron chi connectivity index (χ1n) is 7.73. The molecular weight excluding hydrogens is 332 g/mol. The lowest BCUT2D eigenvalue weighted by atomic mass is 9.79. The quantitative estimate of drug-likeness (QED) is 0.734. The summed E-state index contributed by atoms with van der Waals surface area (Å²) in [5.74, 6) is 0. The zero-order valence-corrected chi connectivity index (χ0v) is 15.1. The molecule has 0 unspecified atom stereocenters. The van der Waals surface area contributed by atoms with E-state index in [9.17, 15) is 18.3 Å². The predicted octanol–water partition coefficient (Wildman–Crippen LogP) is 1.16. The Hall–Kier alpha value is -1.64. The zero-order valence-electron chi connectivity index (χ0n) is 14.2. The number of carbonyl (C=O) groups excluding carboxylic acids is 1. The summed E-state index contributed by atoms with van der Waals surface area (Å²) < 4.78 is 32.3. The third-order valence-electron chi connectivity index (χ3n) is 4.22. The fourth-order valence-corrected chi connectivity index (χ4v) is 3.90. The maximum Gasteiger partial charge on any atom is 0.407 e. The summed E-state index contributed by atoms with van der Waals surface area (Å²) in [6.45, 7) is 7.25. The molecular formula is C16H24N2O5S. The van der Waals surface area contributed by atoms with Gasteiger partial charge in [0.2, 0.25) is 10.0 Å². The number of sulfonamides is 1. The summed E-state index contributed by atoms with van der Waals surface area (Å²) in [7, 11) is -3.76. The highest BCUT2D eigenvalue weighted by atomic mass is 32.2. The Morgan fingerprint density at radius 3 is 2.50 bits per heavy atom. The van der Waals surface area contributed by atoms with Gasteiger partial charge in [0, 0.05) is 11.5 Å². The van der Waals surface area contributed by atoms with Crippen molar-refractivity contribution >= 4 is 16.1 Å². The molecule has 1 heterocycles. The first kappa shape index (κ1) is 18.7. The Morgan fingerprint density at radius 2 is 1.92 bits per heavy atom. The molecule has 0 aromatic heterocycles. The van der Waals surface area contributed by atoms with E-state index in [0.29, 0.717) is 0 Å². The summed E-state index contributed by atoms with van der Waals surface area (Å²) >= 11 is 0. The topological polar surface area (TPSA) is 105 Å². The van der Waals surface area contributed by atoms with Gasteiger partial charge >= 0.3 is 6.09 Å². The van der Waals surface area contributed by atoms with Crippen molar-refractivity contribution in [3.63, 3.8) is 0 Å². The maximum absolute atomic E-state index is 12.4. The van der Waals surface area contributed by atoms with Crippen molar-refractivity contribution in [1.82, 2.24) is 10.0 Å². The fourth-order valence-electron chi connectivity index (χ4n) is 2.64. The molecule has 1 aliphatic heterocycles. The molecule has 0 aliphatic carbocycles. The number of amides is 1. The lowest BCUT2D eigenvalue weighted by Gasteiger charge is -2.42. The number of aliphatic hydroxyl groups excluding tert-OH is 1. The molecule has 1 amide bonds. The number of carbonyl (C=O) groups is 1. The van der Waals surface area contributed by atoms with Crippen molar-refractivity contribution < 1.29 is 23.1 Å². The van der Waals surface area contributed by atoms with E-state index in [4.69, 9.17) is 4.74 Å². The van der Waals surface area contributed by atoms with E-state index in [1.807, 2.05) is 20.8 Å². The summed E-state index contributed by atoms with van der Waals surface area (Å²) in [6.07, 6.45) is -1.72. The SMILES string of the molecule is Cc1ccc(S(=O)(=O)N[C@@H](C)[C@@H](O)[C@H]2NC(=O)OCC2(C)C)cc1. The van der Waals surface area contributed by atoms with Crippen molar-refractivity contribution in [2.75, 3.05) is 6.61 Å². The van der Waals surface area contributed by atoms with E-state index >= 15 is 0 Å². The standard InChI is InChI=1S/C16H24N2O5S/c1-10-5-7-12(8-6-10)24(21,22)18-11(2)13(19)14-16(3,4)9-23-15(20)17-14/h5-8,11,13-14,18-19H,9H2,1-4H3,(H,17,20)/t11-,13+,14+/m0/s1. The number of benzene rings is 1. The van der Waals surface area contributed by atoms with Crippen LogP contribution in [0.1, 0.15) is 26.3 Å². The molecule has 134 valence electrons. The van der Waals surface area contributed by atoms with Crippen LogP contribution < -0.4 is 10.0 Å². The Labute approximate surface area is 142 Å². The van der Waals surface area contributed by atoms with Crippen LogP contribution in [0.2, 0.25) is 0 Å². The Balaban J connectivity index is 2.14. The van der Waals surface area contributed by atoms with Crippen LogP contribution in [0.15, 0.2) is 29.2 Å². The molecule has 8 heteroatoms. The third kappa shape index (κ3) is 4.06. The molecule has 0 radical (unpaired) electrons. The first-order chi connectivity index (χ1) is 11.0. The van der Waals surface area contributed by atoms with E-state index < -0.39 is 39.7 Å². The van der Waals surface area contributed by atoms with Crippen LogP contribution in [0, 0.1) is 12.3 Å². The first-order valence-corrected chi connectivity index (χ1v) is 9.21. The average molecular weight is 356 g/mol. The number of cyclic esters (lactones) is 1. The molecule has 3 atom stereocenters. The van der Waals surface area contributed by atoms with E-state index in [0.717, 1.165) is 5.56 Å². The second kappa shape index (κ2) is 6.70. The Kier molecular flexibility index (Phi) is 5.22. The molecule has 24 heavy (non-hydrogen) atoms. The van der Waals surface area contributed by atoms with Crippen LogP contribution in [0.4, 0.5) is 4.79 Å². The monoisotopic (exact) mass is 356 g/mol. The molecule has 7 nitrogen and oxygen atoms in total. The van der Waals surface area contributed by atoms with Crippen LogP contribution in [-0.2, 0) is 14.8 Å². The smallest absolute Gasteiger partial charge is 0.407 e. The van der Waals surface area contributed by atoms with Gasteiger partial charge in [0.1, 0.15) is 6.61 Å². The highest BCUT2D eigenvalue weighted by molar-refractivity contribution is 7.89. The molecule has 0 saturated carbocycles. The van der Waals surface area contributed by atoms with Crippen molar-refractivity contribution in [2.24, 2.45) is 5.41 Å². The van der Waals surface area contributed by atoms with E-state index in [1.54, 1.807) is 19.1 Å². The minimum absolute atomic E-state index is 0.127. The van der Waals surface area contributed by atoms with Gasteiger partial charge in [0.25, 0.3) is 0 Å². The summed E-state index contributed by atoms with van der Waals surface area (Å²) in [5, 5.41) is 13.1. The largest absolute Gasteiger partial charge is 0.449 e. The number of alkyl carbamates (subject to hydrolysis) is 1. The molecule has 1 aliphatic rings. The summed E-state index contributed by atoms with van der Waals surface area (Å²) in [4.78, 5) is 11.6. The maximum atomic E-state index is 12.4. The molecule has 0 spiro atoms. The second-order valence-corrected chi connectivity index (χ2v) is 8.61. The molecule has 1 saturated heterocycles. The van der Waals surface area contributed by atoms with Crippen LogP contribution in [0.25, 0.3) is 0 Å². The van der Waals surface area contributed by atoms with Crippen LogP contribution in [0.5, 0.6) is 0 Å². The zero-order chi connectivity index (χ0) is 18.1. The molecule has 0 bridgehead atoms. The molecule has 1 fully saturated rings. The lowest BCUT2D eigenvalue weighted by Crippen LogP contribution is -2.62.